The molecule has 1 N–H and O–H groups in total. The first-order chi connectivity index (χ1) is 7.66. The van der Waals surface area contributed by atoms with Gasteiger partial charge in [-0.05, 0) is 26.2 Å². The van der Waals surface area contributed by atoms with E-state index < -0.39 is 0 Å². The number of H-pyrrole nitrogens is 1. The second kappa shape index (κ2) is 4.45. The number of hydrogen-bond acceptors (Lipinski definition) is 2. The third-order valence-electron chi connectivity index (χ3n) is 2.35. The first-order valence-corrected chi connectivity index (χ1v) is 5.10. The molecule has 0 fully saturated rings. The normalized spacial score (nSPS) is 11.0. The van der Waals surface area contributed by atoms with Gasteiger partial charge in [-0.2, -0.15) is 5.10 Å². The standard InChI is InChI=1S/C12H14FN3/c1-16(2)8-10-4-3-9(7-11(10)13)12-5-6-14-15-12/h3-7H,8H2,1-2H3,(H,14,15). The lowest BCUT2D eigenvalue weighted by Gasteiger charge is -2.11. The van der Waals surface area contributed by atoms with Crippen molar-refractivity contribution in [3.05, 3.63) is 41.8 Å². The number of aromatic amines is 1. The van der Waals surface area contributed by atoms with E-state index in [0.29, 0.717) is 12.1 Å². The molecule has 0 amide bonds. The Morgan fingerprint density at radius 3 is 2.69 bits per heavy atom. The van der Waals surface area contributed by atoms with Gasteiger partial charge in [0.2, 0.25) is 0 Å². The summed E-state index contributed by atoms with van der Waals surface area (Å²) in [5.41, 5.74) is 2.35. The summed E-state index contributed by atoms with van der Waals surface area (Å²) in [6.07, 6.45) is 1.65. The Balaban J connectivity index is 2.29. The van der Waals surface area contributed by atoms with Gasteiger partial charge in [0.15, 0.2) is 0 Å². The van der Waals surface area contributed by atoms with E-state index in [0.717, 1.165) is 11.3 Å². The van der Waals surface area contributed by atoms with E-state index in [9.17, 15) is 4.39 Å². The number of halogens is 1. The Morgan fingerprint density at radius 1 is 1.31 bits per heavy atom. The Kier molecular flexibility index (Phi) is 3.01. The Morgan fingerprint density at radius 2 is 2.12 bits per heavy atom. The maximum absolute atomic E-state index is 13.7. The lowest BCUT2D eigenvalue weighted by molar-refractivity contribution is 0.392. The number of benzene rings is 1. The number of rotatable bonds is 3. The number of aromatic nitrogens is 2. The van der Waals surface area contributed by atoms with Gasteiger partial charge >= 0.3 is 0 Å². The second-order valence-electron chi connectivity index (χ2n) is 4.01. The van der Waals surface area contributed by atoms with Crippen molar-refractivity contribution >= 4 is 0 Å². The van der Waals surface area contributed by atoms with Gasteiger partial charge in [-0.15, -0.1) is 0 Å². The molecule has 0 saturated heterocycles. The van der Waals surface area contributed by atoms with Gasteiger partial charge in [0.05, 0.1) is 5.69 Å². The zero-order valence-corrected chi connectivity index (χ0v) is 9.37. The molecule has 16 heavy (non-hydrogen) atoms. The predicted octanol–water partition coefficient (Wildman–Crippen LogP) is 2.28. The van der Waals surface area contributed by atoms with Crippen LogP contribution < -0.4 is 0 Å². The fraction of sp³-hybridized carbons (Fsp3) is 0.250. The molecule has 1 aromatic heterocycles. The van der Waals surface area contributed by atoms with Crippen LogP contribution in [-0.4, -0.2) is 29.2 Å². The summed E-state index contributed by atoms with van der Waals surface area (Å²) in [6, 6.07) is 7.06. The number of hydrogen-bond donors (Lipinski definition) is 1. The van der Waals surface area contributed by atoms with Gasteiger partial charge in [-0.1, -0.05) is 12.1 Å². The predicted molar refractivity (Wildman–Crippen MR) is 61.4 cm³/mol. The van der Waals surface area contributed by atoms with Gasteiger partial charge in [0, 0.05) is 23.9 Å². The minimum Gasteiger partial charge on any atom is -0.305 e. The molecule has 1 aromatic carbocycles. The lowest BCUT2D eigenvalue weighted by Crippen LogP contribution is -2.11. The molecule has 1 heterocycles. The van der Waals surface area contributed by atoms with E-state index in [1.165, 1.54) is 6.07 Å². The van der Waals surface area contributed by atoms with Crippen molar-refractivity contribution in [2.75, 3.05) is 14.1 Å². The van der Waals surface area contributed by atoms with Gasteiger partial charge < -0.3 is 4.90 Å². The SMILES string of the molecule is CN(C)Cc1ccc(-c2ccn[nH]2)cc1F. The van der Waals surface area contributed by atoms with Gasteiger partial charge in [-0.3, -0.25) is 5.10 Å². The van der Waals surface area contributed by atoms with Crippen molar-refractivity contribution in [2.45, 2.75) is 6.54 Å². The molecule has 3 nitrogen and oxygen atoms in total. The number of nitrogens with one attached hydrogen (secondary N) is 1. The quantitative estimate of drug-likeness (QED) is 0.858. The highest BCUT2D eigenvalue weighted by Gasteiger charge is 2.06. The lowest BCUT2D eigenvalue weighted by atomic mass is 10.1. The molecular formula is C12H14FN3. The summed E-state index contributed by atoms with van der Waals surface area (Å²) in [5, 5.41) is 6.66. The van der Waals surface area contributed by atoms with Gasteiger partial charge in [0.25, 0.3) is 0 Å². The Hall–Kier alpha value is -1.68. The van der Waals surface area contributed by atoms with Crippen LogP contribution in [-0.2, 0) is 6.54 Å². The van der Waals surface area contributed by atoms with E-state index >= 15 is 0 Å². The molecule has 0 aliphatic heterocycles. The molecule has 0 unspecified atom stereocenters. The van der Waals surface area contributed by atoms with Crippen LogP contribution in [0.1, 0.15) is 5.56 Å². The first-order valence-electron chi connectivity index (χ1n) is 5.10. The van der Waals surface area contributed by atoms with Crippen molar-refractivity contribution in [3.8, 4) is 11.3 Å². The fourth-order valence-corrected chi connectivity index (χ4v) is 1.60. The van der Waals surface area contributed by atoms with Crippen LogP contribution in [0.4, 0.5) is 4.39 Å². The molecule has 0 aliphatic rings. The third kappa shape index (κ3) is 2.28. The molecule has 84 valence electrons. The highest BCUT2D eigenvalue weighted by molar-refractivity contribution is 5.58. The zero-order chi connectivity index (χ0) is 11.5. The average Bonchev–Trinajstić information content (AvgIpc) is 2.73. The Bertz CT molecular complexity index is 463. The van der Waals surface area contributed by atoms with E-state index in [1.54, 1.807) is 6.20 Å². The van der Waals surface area contributed by atoms with E-state index in [-0.39, 0.29) is 5.82 Å². The van der Waals surface area contributed by atoms with Crippen molar-refractivity contribution in [1.82, 2.24) is 15.1 Å². The summed E-state index contributed by atoms with van der Waals surface area (Å²) >= 11 is 0. The fourth-order valence-electron chi connectivity index (χ4n) is 1.60. The van der Waals surface area contributed by atoms with Crippen LogP contribution in [0.2, 0.25) is 0 Å². The molecule has 0 aliphatic carbocycles. The first kappa shape index (κ1) is 10.8. The van der Waals surface area contributed by atoms with E-state index in [4.69, 9.17) is 0 Å². The molecular weight excluding hydrogens is 205 g/mol. The highest BCUT2D eigenvalue weighted by atomic mass is 19.1. The van der Waals surface area contributed by atoms with Crippen molar-refractivity contribution < 1.29 is 4.39 Å². The molecule has 0 saturated carbocycles. The smallest absolute Gasteiger partial charge is 0.128 e. The van der Waals surface area contributed by atoms with Crippen LogP contribution in [0.25, 0.3) is 11.3 Å². The van der Waals surface area contributed by atoms with Crippen LogP contribution in [0.15, 0.2) is 30.5 Å². The minimum atomic E-state index is -0.180. The van der Waals surface area contributed by atoms with Gasteiger partial charge in [-0.25, -0.2) is 4.39 Å². The van der Waals surface area contributed by atoms with Gasteiger partial charge in [0.1, 0.15) is 5.82 Å². The summed E-state index contributed by atoms with van der Waals surface area (Å²) in [5.74, 6) is -0.180. The van der Waals surface area contributed by atoms with Crippen molar-refractivity contribution in [1.29, 1.82) is 0 Å². The third-order valence-corrected chi connectivity index (χ3v) is 2.35. The monoisotopic (exact) mass is 219 g/mol. The second-order valence-corrected chi connectivity index (χ2v) is 4.01. The highest BCUT2D eigenvalue weighted by Crippen LogP contribution is 2.20. The van der Waals surface area contributed by atoms with Crippen LogP contribution in [0, 0.1) is 5.82 Å². The maximum atomic E-state index is 13.7. The summed E-state index contributed by atoms with van der Waals surface area (Å²) < 4.78 is 13.7. The van der Waals surface area contributed by atoms with Crippen LogP contribution in [0.5, 0.6) is 0 Å². The minimum absolute atomic E-state index is 0.180. The molecule has 0 radical (unpaired) electrons. The zero-order valence-electron chi connectivity index (χ0n) is 9.37. The largest absolute Gasteiger partial charge is 0.305 e. The van der Waals surface area contributed by atoms with Crippen molar-refractivity contribution in [3.63, 3.8) is 0 Å². The average molecular weight is 219 g/mol. The van der Waals surface area contributed by atoms with E-state index in [1.807, 2.05) is 37.2 Å². The molecule has 2 aromatic rings. The summed E-state index contributed by atoms with van der Waals surface area (Å²) in [4.78, 5) is 1.94. The molecule has 2 rings (SSSR count). The summed E-state index contributed by atoms with van der Waals surface area (Å²) in [6.45, 7) is 0.606. The molecule has 4 heteroatoms. The van der Waals surface area contributed by atoms with Crippen LogP contribution in [0.3, 0.4) is 0 Å². The van der Waals surface area contributed by atoms with Crippen LogP contribution >= 0.6 is 0 Å². The summed E-state index contributed by atoms with van der Waals surface area (Å²) in [7, 11) is 3.84. The molecule has 0 spiro atoms. The topological polar surface area (TPSA) is 31.9 Å². The molecule has 0 atom stereocenters. The van der Waals surface area contributed by atoms with Crippen molar-refractivity contribution in [2.24, 2.45) is 0 Å². The molecule has 0 bridgehead atoms. The maximum Gasteiger partial charge on any atom is 0.128 e. The number of nitrogens with zero attached hydrogens (tertiary/aromatic N) is 2. The van der Waals surface area contributed by atoms with E-state index in [2.05, 4.69) is 10.2 Å². The Labute approximate surface area is 93.9 Å².